The first-order chi connectivity index (χ1) is 50.6. The van der Waals surface area contributed by atoms with Crippen molar-refractivity contribution in [1.82, 2.24) is 52.3 Å². The molecule has 0 amide bonds. The van der Waals surface area contributed by atoms with E-state index in [1.54, 1.807) is 0 Å². The van der Waals surface area contributed by atoms with Gasteiger partial charge in [0.2, 0.25) is 11.9 Å². The molecule has 0 spiro atoms. The number of hydrogen-bond acceptors (Lipinski definition) is 5. The van der Waals surface area contributed by atoms with Crippen LogP contribution in [0, 0.1) is 0 Å². The summed E-state index contributed by atoms with van der Waals surface area (Å²) in [6, 6.07) is 122. The van der Waals surface area contributed by atoms with Gasteiger partial charge in [-0.1, -0.05) is 218 Å². The average Bonchev–Trinajstić information content (AvgIpc) is 1.58. The number of para-hydroxylation sites is 12. The normalized spacial score (nSPS) is 11.9. The highest BCUT2D eigenvalue weighted by Gasteiger charge is 2.24. The SMILES string of the molecule is c1ccc2c(c1)c1ccccc1n2-c1ccc(-c2nc(-n3c4ccccc4c4ccccc43)cc(-n3c4ccccc4c4ccccc43)n2)cc1.c1ccc2c(c1)c1ccccc1n2-c1ccc(-c2nc(-n3c4ccccc4c4ccccc43)nc(-n3c4ccccc4c4ccccc43)n2)cc1. The first-order valence-electron chi connectivity index (χ1n) is 34.4. The Balaban J connectivity index is 0.000000133. The van der Waals surface area contributed by atoms with Crippen LogP contribution in [0.5, 0.6) is 0 Å². The lowest BCUT2D eigenvalue weighted by molar-refractivity contribution is 0.893. The Morgan fingerprint density at radius 3 is 0.569 bits per heavy atom. The predicted octanol–water partition coefficient (Wildman–Crippen LogP) is 22.3. The molecule has 476 valence electrons. The highest BCUT2D eigenvalue weighted by Crippen LogP contribution is 2.40. The molecule has 0 aliphatic carbocycles. The second-order valence-electron chi connectivity index (χ2n) is 26.0. The van der Waals surface area contributed by atoms with Gasteiger partial charge in [0.05, 0.1) is 66.2 Å². The molecule has 22 rings (SSSR count). The molecule has 102 heavy (non-hydrogen) atoms. The van der Waals surface area contributed by atoms with E-state index in [1.165, 1.54) is 65.2 Å². The fourth-order valence-electron chi connectivity index (χ4n) is 16.0. The number of hydrogen-bond donors (Lipinski definition) is 0. The van der Waals surface area contributed by atoms with Crippen LogP contribution in [0.3, 0.4) is 0 Å². The zero-order chi connectivity index (χ0) is 66.9. The Hall–Kier alpha value is -14.0. The van der Waals surface area contributed by atoms with Crippen LogP contribution in [0.4, 0.5) is 0 Å². The van der Waals surface area contributed by atoms with Crippen molar-refractivity contribution < 1.29 is 0 Å². The monoisotopic (exact) mass is 1300 g/mol. The van der Waals surface area contributed by atoms with Crippen molar-refractivity contribution in [3.8, 4) is 57.7 Å². The van der Waals surface area contributed by atoms with E-state index < -0.39 is 0 Å². The van der Waals surface area contributed by atoms with Gasteiger partial charge in [0.15, 0.2) is 11.6 Å². The van der Waals surface area contributed by atoms with Gasteiger partial charge in [0.1, 0.15) is 11.6 Å². The van der Waals surface area contributed by atoms with Gasteiger partial charge in [-0.15, -0.1) is 0 Å². The van der Waals surface area contributed by atoms with Crippen molar-refractivity contribution in [2.45, 2.75) is 0 Å². The molecule has 0 unspecified atom stereocenters. The van der Waals surface area contributed by atoms with E-state index in [9.17, 15) is 0 Å². The first-order valence-corrected chi connectivity index (χ1v) is 34.4. The minimum Gasteiger partial charge on any atom is -0.309 e. The van der Waals surface area contributed by atoms with Gasteiger partial charge >= 0.3 is 0 Å². The molecule has 0 atom stereocenters. The number of fused-ring (bicyclic) bond motifs is 18. The lowest BCUT2D eigenvalue weighted by Gasteiger charge is -2.14. The molecule has 8 heterocycles. The summed E-state index contributed by atoms with van der Waals surface area (Å²) < 4.78 is 13.6. The van der Waals surface area contributed by atoms with Crippen molar-refractivity contribution in [2.75, 3.05) is 0 Å². The summed E-state index contributed by atoms with van der Waals surface area (Å²) in [7, 11) is 0. The van der Waals surface area contributed by atoms with E-state index in [2.05, 4.69) is 373 Å². The van der Waals surface area contributed by atoms with Gasteiger partial charge in [-0.3, -0.25) is 18.3 Å². The zero-order valence-electron chi connectivity index (χ0n) is 54.8. The van der Waals surface area contributed by atoms with Crippen LogP contribution in [0.15, 0.2) is 346 Å². The molecule has 22 aromatic rings. The van der Waals surface area contributed by atoms with Gasteiger partial charge in [-0.05, 0) is 121 Å². The van der Waals surface area contributed by atoms with Gasteiger partial charge in [0, 0.05) is 93.2 Å². The van der Waals surface area contributed by atoms with Crippen LogP contribution in [-0.2, 0) is 0 Å². The van der Waals surface area contributed by atoms with E-state index in [0.717, 1.165) is 99.8 Å². The lowest BCUT2D eigenvalue weighted by Crippen LogP contribution is -2.10. The Morgan fingerprint density at radius 1 is 0.157 bits per heavy atom. The van der Waals surface area contributed by atoms with Crippen molar-refractivity contribution >= 4 is 131 Å². The summed E-state index contributed by atoms with van der Waals surface area (Å²) in [5.74, 6) is 4.05. The van der Waals surface area contributed by atoms with Crippen molar-refractivity contribution in [3.63, 3.8) is 0 Å². The van der Waals surface area contributed by atoms with Crippen LogP contribution >= 0.6 is 0 Å². The number of nitrogens with zero attached hydrogens (tertiary/aromatic N) is 11. The van der Waals surface area contributed by atoms with E-state index in [4.69, 9.17) is 24.9 Å². The highest BCUT2D eigenvalue weighted by molar-refractivity contribution is 6.14. The molecular weight excluding hydrogens is 1250 g/mol. The van der Waals surface area contributed by atoms with Gasteiger partial charge < -0.3 is 9.13 Å². The Kier molecular flexibility index (Phi) is 12.7. The molecular formula is C91H57N11. The quantitative estimate of drug-likeness (QED) is 0.151. The van der Waals surface area contributed by atoms with Crippen LogP contribution in [0.2, 0.25) is 0 Å². The Labute approximate surface area is 583 Å². The van der Waals surface area contributed by atoms with Crippen LogP contribution in [-0.4, -0.2) is 52.3 Å². The zero-order valence-corrected chi connectivity index (χ0v) is 54.8. The van der Waals surface area contributed by atoms with Crippen LogP contribution < -0.4 is 0 Å². The van der Waals surface area contributed by atoms with Gasteiger partial charge in [0.25, 0.3) is 0 Å². The van der Waals surface area contributed by atoms with Crippen molar-refractivity contribution in [1.29, 1.82) is 0 Å². The summed E-state index contributed by atoms with van der Waals surface area (Å²) in [6.45, 7) is 0. The second kappa shape index (κ2) is 22.8. The van der Waals surface area contributed by atoms with Gasteiger partial charge in [-0.2, -0.15) is 15.0 Å². The summed E-state index contributed by atoms with van der Waals surface area (Å²) in [5.41, 5.74) is 17.4. The Bertz CT molecular complexity index is 6130. The minimum absolute atomic E-state index is 0.570. The summed E-state index contributed by atoms with van der Waals surface area (Å²) in [4.78, 5) is 26.4. The summed E-state index contributed by atoms with van der Waals surface area (Å²) in [6.07, 6.45) is 0. The molecule has 11 nitrogen and oxygen atoms in total. The molecule has 14 aromatic carbocycles. The third-order valence-corrected chi connectivity index (χ3v) is 20.4. The predicted molar refractivity (Wildman–Crippen MR) is 419 cm³/mol. The minimum atomic E-state index is 0.570. The smallest absolute Gasteiger partial charge is 0.240 e. The fourth-order valence-corrected chi connectivity index (χ4v) is 16.0. The summed E-state index contributed by atoms with van der Waals surface area (Å²) in [5, 5.41) is 14.4. The fraction of sp³-hybridized carbons (Fsp3) is 0. The molecule has 0 saturated carbocycles. The van der Waals surface area contributed by atoms with Crippen LogP contribution in [0.1, 0.15) is 0 Å². The molecule has 0 N–H and O–H groups in total. The number of benzene rings is 14. The van der Waals surface area contributed by atoms with E-state index in [1.807, 2.05) is 0 Å². The van der Waals surface area contributed by atoms with Crippen molar-refractivity contribution in [2.24, 2.45) is 0 Å². The standard InChI is InChI=1S/C46H29N5.C45H28N6/c1-7-19-38-32(13-1)33-14-2-8-20-39(33)49(38)31-27-25-30(26-28-31)46-47-44(50-40-21-9-3-15-34(40)35-16-4-10-22-41(35)50)29-45(48-46)51-42-23-11-5-17-36(42)37-18-6-12-24-43(37)51;1-7-19-37-31(13-1)32-14-2-8-20-38(32)49(37)30-27-25-29(26-28-30)43-46-44(50-39-21-9-3-15-33(39)34-16-4-10-22-40(34)50)48-45(47-43)51-41-23-11-5-17-35(41)36-18-6-12-24-42(36)51/h1-29H;1-28H. The topological polar surface area (TPSA) is 94.0 Å². The maximum Gasteiger partial charge on any atom is 0.240 e. The lowest BCUT2D eigenvalue weighted by atomic mass is 10.2. The number of aromatic nitrogens is 11. The molecule has 8 aromatic heterocycles. The molecule has 0 radical (unpaired) electrons. The summed E-state index contributed by atoms with van der Waals surface area (Å²) >= 11 is 0. The second-order valence-corrected chi connectivity index (χ2v) is 26.0. The highest BCUT2D eigenvalue weighted by atomic mass is 15.3. The van der Waals surface area contributed by atoms with E-state index in [-0.39, 0.29) is 0 Å². The van der Waals surface area contributed by atoms with Crippen molar-refractivity contribution in [3.05, 3.63) is 346 Å². The average molecular weight is 1300 g/mol. The maximum atomic E-state index is 5.34. The van der Waals surface area contributed by atoms with E-state index >= 15 is 0 Å². The molecule has 0 aliphatic heterocycles. The largest absolute Gasteiger partial charge is 0.309 e. The number of rotatable bonds is 8. The Morgan fingerprint density at radius 2 is 0.343 bits per heavy atom. The third-order valence-electron chi connectivity index (χ3n) is 20.4. The third kappa shape index (κ3) is 8.77. The van der Waals surface area contributed by atoms with Crippen LogP contribution in [0.25, 0.3) is 189 Å². The first kappa shape index (κ1) is 57.1. The molecule has 11 heteroatoms. The molecule has 0 fully saturated rings. The molecule has 0 bridgehead atoms. The van der Waals surface area contributed by atoms with Gasteiger partial charge in [-0.25, -0.2) is 9.97 Å². The van der Waals surface area contributed by atoms with E-state index in [0.29, 0.717) is 23.5 Å². The maximum absolute atomic E-state index is 5.34. The molecule has 0 aliphatic rings. The molecule has 0 saturated heterocycles.